The Morgan fingerprint density at radius 3 is 2.72 bits per heavy atom. The normalized spacial score (nSPS) is 19.4. The molecule has 1 aliphatic rings. The fourth-order valence-corrected chi connectivity index (χ4v) is 2.86. The van der Waals surface area contributed by atoms with Crippen LogP contribution in [0.15, 0.2) is 0 Å². The molecule has 1 aliphatic heterocycles. The first-order valence-corrected chi connectivity index (χ1v) is 6.67. The van der Waals surface area contributed by atoms with Gasteiger partial charge >= 0.3 is 12.0 Å². The maximum atomic E-state index is 12.1. The molecule has 0 aromatic rings. The van der Waals surface area contributed by atoms with Gasteiger partial charge in [0, 0.05) is 25.1 Å². The van der Waals surface area contributed by atoms with Gasteiger partial charge in [-0.05, 0) is 0 Å². The summed E-state index contributed by atoms with van der Waals surface area (Å²) in [5, 5.41) is 8.81. The van der Waals surface area contributed by atoms with Gasteiger partial charge in [-0.2, -0.15) is 11.8 Å². The summed E-state index contributed by atoms with van der Waals surface area (Å²) in [7, 11) is 1.48. The summed E-state index contributed by atoms with van der Waals surface area (Å²) in [6.45, 7) is 0.326. The van der Waals surface area contributed by atoms with Crippen molar-refractivity contribution < 1.29 is 19.5 Å². The monoisotopic (exact) mass is 275 g/mol. The number of nitrogens with zero attached hydrogens (tertiary/aromatic N) is 2. The van der Waals surface area contributed by atoms with Crippen molar-refractivity contribution in [1.29, 1.82) is 0 Å². The summed E-state index contributed by atoms with van der Waals surface area (Å²) >= 11 is 1.62. The van der Waals surface area contributed by atoms with Gasteiger partial charge < -0.3 is 20.6 Å². The standard InChI is InChI=1S/C10H17N3O4S/c1-12(5-8(11)14)10(17)13-2-3-18-6-7(13)4-9(15)16/h7H,2-6H2,1H3,(H2,11,14)(H,15,16). The second-order valence-electron chi connectivity index (χ2n) is 4.12. The van der Waals surface area contributed by atoms with Gasteiger partial charge in [0.2, 0.25) is 5.91 Å². The number of carbonyl (C=O) groups is 3. The Labute approximate surface area is 109 Å². The molecule has 0 saturated carbocycles. The highest BCUT2D eigenvalue weighted by Gasteiger charge is 2.30. The smallest absolute Gasteiger partial charge is 0.320 e. The van der Waals surface area contributed by atoms with Crippen LogP contribution in [0.4, 0.5) is 4.79 Å². The minimum absolute atomic E-state index is 0.0802. The van der Waals surface area contributed by atoms with Gasteiger partial charge in [0.1, 0.15) is 6.54 Å². The molecule has 0 aromatic carbocycles. The average molecular weight is 275 g/mol. The highest BCUT2D eigenvalue weighted by Crippen LogP contribution is 2.20. The number of carbonyl (C=O) groups excluding carboxylic acids is 2. The van der Waals surface area contributed by atoms with Crippen LogP contribution in [0, 0.1) is 0 Å². The topological polar surface area (TPSA) is 104 Å². The Balaban J connectivity index is 2.67. The zero-order chi connectivity index (χ0) is 13.7. The zero-order valence-corrected chi connectivity index (χ0v) is 11.0. The number of aliphatic carboxylic acids is 1. The van der Waals surface area contributed by atoms with E-state index in [0.717, 1.165) is 5.75 Å². The summed E-state index contributed by atoms with van der Waals surface area (Å²) in [5.74, 6) is -0.154. The minimum Gasteiger partial charge on any atom is -0.481 e. The first-order valence-electron chi connectivity index (χ1n) is 5.51. The van der Waals surface area contributed by atoms with Crippen molar-refractivity contribution in [3.8, 4) is 0 Å². The predicted molar refractivity (Wildman–Crippen MR) is 67.3 cm³/mol. The van der Waals surface area contributed by atoms with E-state index in [1.54, 1.807) is 11.8 Å². The Kier molecular flexibility index (Phi) is 5.26. The number of hydrogen-bond acceptors (Lipinski definition) is 4. The molecule has 1 fully saturated rings. The van der Waals surface area contributed by atoms with Crippen LogP contribution in [0.5, 0.6) is 0 Å². The third-order valence-electron chi connectivity index (χ3n) is 2.60. The van der Waals surface area contributed by atoms with E-state index in [4.69, 9.17) is 10.8 Å². The molecule has 0 aromatic heterocycles. The van der Waals surface area contributed by atoms with Gasteiger partial charge in [0.15, 0.2) is 0 Å². The number of carboxylic acids is 1. The van der Waals surface area contributed by atoms with E-state index in [9.17, 15) is 14.4 Å². The van der Waals surface area contributed by atoms with E-state index < -0.39 is 11.9 Å². The lowest BCUT2D eigenvalue weighted by Crippen LogP contribution is -2.52. The summed E-state index contributed by atoms with van der Waals surface area (Å²) in [5.41, 5.74) is 5.03. The maximum Gasteiger partial charge on any atom is 0.320 e. The fourth-order valence-electron chi connectivity index (χ4n) is 1.80. The van der Waals surface area contributed by atoms with E-state index in [0.29, 0.717) is 12.3 Å². The van der Waals surface area contributed by atoms with Crippen LogP contribution in [0.2, 0.25) is 0 Å². The van der Waals surface area contributed by atoms with Crippen LogP contribution in [0.3, 0.4) is 0 Å². The Hall–Kier alpha value is -1.44. The van der Waals surface area contributed by atoms with Crippen molar-refractivity contribution in [2.45, 2.75) is 12.5 Å². The van der Waals surface area contributed by atoms with Crippen molar-refractivity contribution in [3.63, 3.8) is 0 Å². The number of thioether (sulfide) groups is 1. The van der Waals surface area contributed by atoms with Crippen LogP contribution in [0.25, 0.3) is 0 Å². The van der Waals surface area contributed by atoms with Crippen LogP contribution in [0.1, 0.15) is 6.42 Å². The quantitative estimate of drug-likeness (QED) is 0.714. The fraction of sp³-hybridized carbons (Fsp3) is 0.700. The second-order valence-corrected chi connectivity index (χ2v) is 5.27. The number of rotatable bonds is 4. The predicted octanol–water partition coefficient (Wildman–Crippen LogP) is -0.584. The number of urea groups is 1. The Morgan fingerprint density at radius 2 is 2.17 bits per heavy atom. The number of hydrogen-bond donors (Lipinski definition) is 2. The molecular formula is C10H17N3O4S. The molecule has 0 radical (unpaired) electrons. The largest absolute Gasteiger partial charge is 0.481 e. The van der Waals surface area contributed by atoms with E-state index in [-0.39, 0.29) is 25.0 Å². The van der Waals surface area contributed by atoms with Crippen LogP contribution in [-0.2, 0) is 9.59 Å². The van der Waals surface area contributed by atoms with Crippen LogP contribution in [-0.4, -0.2) is 70.5 Å². The molecule has 102 valence electrons. The Morgan fingerprint density at radius 1 is 1.50 bits per heavy atom. The van der Waals surface area contributed by atoms with Gasteiger partial charge in [-0.1, -0.05) is 0 Å². The third-order valence-corrected chi connectivity index (χ3v) is 3.69. The molecule has 7 nitrogen and oxygen atoms in total. The molecule has 1 heterocycles. The van der Waals surface area contributed by atoms with Crippen molar-refractivity contribution >= 4 is 29.7 Å². The first kappa shape index (κ1) is 14.6. The van der Waals surface area contributed by atoms with Crippen molar-refractivity contribution in [1.82, 2.24) is 9.80 Å². The molecule has 8 heteroatoms. The van der Waals surface area contributed by atoms with Gasteiger partial charge in [0.05, 0.1) is 12.5 Å². The number of likely N-dealkylation sites (N-methyl/N-ethyl adjacent to an activating group) is 1. The minimum atomic E-state index is -0.933. The van der Waals surface area contributed by atoms with E-state index in [1.807, 2.05) is 0 Å². The molecule has 1 rings (SSSR count). The highest BCUT2D eigenvalue weighted by atomic mass is 32.2. The molecule has 0 aliphatic carbocycles. The molecule has 0 bridgehead atoms. The third kappa shape index (κ3) is 4.10. The zero-order valence-electron chi connectivity index (χ0n) is 10.2. The number of amides is 3. The summed E-state index contributed by atoms with van der Waals surface area (Å²) in [6.07, 6.45) is -0.0802. The summed E-state index contributed by atoms with van der Waals surface area (Å²) in [6, 6.07) is -0.676. The highest BCUT2D eigenvalue weighted by molar-refractivity contribution is 7.99. The summed E-state index contributed by atoms with van der Waals surface area (Å²) in [4.78, 5) is 36.3. The van der Waals surface area contributed by atoms with Crippen LogP contribution >= 0.6 is 11.8 Å². The lowest BCUT2D eigenvalue weighted by Gasteiger charge is -2.36. The lowest BCUT2D eigenvalue weighted by atomic mass is 10.2. The van der Waals surface area contributed by atoms with Crippen molar-refractivity contribution in [3.05, 3.63) is 0 Å². The van der Waals surface area contributed by atoms with Gasteiger partial charge in [0.25, 0.3) is 0 Å². The van der Waals surface area contributed by atoms with Gasteiger partial charge in [-0.25, -0.2) is 4.79 Å². The maximum absolute atomic E-state index is 12.1. The number of primary amides is 1. The average Bonchev–Trinajstić information content (AvgIpc) is 2.27. The Bertz CT molecular complexity index is 350. The molecule has 1 atom stereocenters. The van der Waals surface area contributed by atoms with Gasteiger partial charge in [-0.3, -0.25) is 9.59 Å². The van der Waals surface area contributed by atoms with Crippen molar-refractivity contribution in [2.24, 2.45) is 5.73 Å². The van der Waals surface area contributed by atoms with Crippen molar-refractivity contribution in [2.75, 3.05) is 31.6 Å². The van der Waals surface area contributed by atoms with Gasteiger partial charge in [-0.15, -0.1) is 0 Å². The molecule has 18 heavy (non-hydrogen) atoms. The number of carboxylic acid groups (broad SMARTS) is 1. The molecule has 1 unspecified atom stereocenters. The molecule has 3 amide bonds. The first-order chi connectivity index (χ1) is 8.41. The van der Waals surface area contributed by atoms with E-state index in [2.05, 4.69) is 0 Å². The molecule has 0 spiro atoms. The summed E-state index contributed by atoms with van der Waals surface area (Å²) < 4.78 is 0. The van der Waals surface area contributed by atoms with E-state index >= 15 is 0 Å². The molecule has 3 N–H and O–H groups in total. The van der Waals surface area contributed by atoms with E-state index in [1.165, 1.54) is 16.8 Å². The molecule has 1 saturated heterocycles. The molecular weight excluding hydrogens is 258 g/mol. The second kappa shape index (κ2) is 6.48. The van der Waals surface area contributed by atoms with Crippen LogP contribution < -0.4 is 5.73 Å². The SMILES string of the molecule is CN(CC(N)=O)C(=O)N1CCSCC1CC(=O)O. The lowest BCUT2D eigenvalue weighted by molar-refractivity contribution is -0.138. The number of nitrogens with two attached hydrogens (primary N) is 1.